The van der Waals surface area contributed by atoms with E-state index in [1.807, 2.05) is 12.2 Å². The fourth-order valence-electron chi connectivity index (χ4n) is 3.47. The number of hydrogen-bond acceptors (Lipinski definition) is 2. The molecule has 0 aliphatic heterocycles. The van der Waals surface area contributed by atoms with Gasteiger partial charge < -0.3 is 10.2 Å². The van der Waals surface area contributed by atoms with Gasteiger partial charge in [-0.2, -0.15) is 0 Å². The summed E-state index contributed by atoms with van der Waals surface area (Å²) in [6.07, 6.45) is 22.5. The fraction of sp³-hybridized carbons (Fsp3) is 0.750. The number of carboxylic acid groups (broad SMARTS) is 2. The highest BCUT2D eigenvalue weighted by atomic mass is 16.4. The number of aliphatic carboxylic acids is 2. The number of allylic oxidation sites excluding steroid dienone is 3. The zero-order valence-electron chi connectivity index (χ0n) is 18.1. The van der Waals surface area contributed by atoms with Gasteiger partial charge in [-0.3, -0.25) is 4.79 Å². The van der Waals surface area contributed by atoms with Crippen molar-refractivity contribution in [1.82, 2.24) is 0 Å². The van der Waals surface area contributed by atoms with Crippen LogP contribution < -0.4 is 0 Å². The summed E-state index contributed by atoms with van der Waals surface area (Å²) in [6.45, 7) is 4.70. The minimum Gasteiger partial charge on any atom is -0.481 e. The molecule has 162 valence electrons. The number of rotatable bonds is 19. The van der Waals surface area contributed by atoms with Crippen molar-refractivity contribution < 1.29 is 19.8 Å². The van der Waals surface area contributed by atoms with Crippen LogP contribution in [0.3, 0.4) is 0 Å². The minimum absolute atomic E-state index is 0.315. The van der Waals surface area contributed by atoms with Crippen LogP contribution in [0.5, 0.6) is 0 Å². The zero-order chi connectivity index (χ0) is 21.0. The highest BCUT2D eigenvalue weighted by Gasteiger charge is 2.05. The molecule has 0 saturated heterocycles. The molecule has 0 bridgehead atoms. The fourth-order valence-corrected chi connectivity index (χ4v) is 3.47. The van der Waals surface area contributed by atoms with Crippen LogP contribution in [0.1, 0.15) is 104 Å². The molecule has 0 fully saturated rings. The molecule has 0 aromatic heterocycles. The molecule has 0 amide bonds. The number of carbonyl (C=O) groups is 2. The number of hydrogen-bond donors (Lipinski definition) is 2. The van der Waals surface area contributed by atoms with Gasteiger partial charge in [-0.05, 0) is 31.1 Å². The van der Waals surface area contributed by atoms with Crippen LogP contribution in [0.2, 0.25) is 0 Å². The lowest BCUT2D eigenvalue weighted by Gasteiger charge is -2.13. The van der Waals surface area contributed by atoms with E-state index in [1.165, 1.54) is 64.2 Å². The molecule has 0 radical (unpaired) electrons. The highest BCUT2D eigenvalue weighted by Crippen LogP contribution is 2.20. The molecule has 4 heteroatoms. The monoisotopic (exact) mass is 394 g/mol. The maximum atomic E-state index is 10.4. The highest BCUT2D eigenvalue weighted by molar-refractivity contribution is 5.80. The quantitative estimate of drug-likeness (QED) is 0.140. The largest absolute Gasteiger partial charge is 0.481 e. The van der Waals surface area contributed by atoms with E-state index in [9.17, 15) is 9.59 Å². The van der Waals surface area contributed by atoms with Crippen LogP contribution in [0.25, 0.3) is 0 Å². The number of carboxylic acids is 2. The van der Waals surface area contributed by atoms with Gasteiger partial charge in [-0.1, -0.05) is 96.3 Å². The van der Waals surface area contributed by atoms with Crippen LogP contribution in [0, 0.1) is 11.8 Å². The summed E-state index contributed by atoms with van der Waals surface area (Å²) in [7, 11) is 0. The number of unbranched alkanes of at least 4 members (excludes halogenated alkanes) is 6. The van der Waals surface area contributed by atoms with Crippen LogP contribution in [0.15, 0.2) is 24.3 Å². The summed E-state index contributed by atoms with van der Waals surface area (Å²) in [5, 5.41) is 17.1. The molecule has 0 aromatic rings. The topological polar surface area (TPSA) is 74.6 Å². The first kappa shape index (κ1) is 26.4. The van der Waals surface area contributed by atoms with E-state index in [-0.39, 0.29) is 0 Å². The summed E-state index contributed by atoms with van der Waals surface area (Å²) in [5.74, 6) is -0.00634. The van der Waals surface area contributed by atoms with Gasteiger partial charge in [-0.15, -0.1) is 0 Å². The van der Waals surface area contributed by atoms with E-state index in [4.69, 9.17) is 10.2 Å². The lowest BCUT2D eigenvalue weighted by Crippen LogP contribution is -1.98. The van der Waals surface area contributed by atoms with E-state index in [2.05, 4.69) is 13.8 Å². The Morgan fingerprint density at radius 2 is 1.21 bits per heavy atom. The van der Waals surface area contributed by atoms with Gasteiger partial charge in [0, 0.05) is 12.5 Å². The molecule has 2 unspecified atom stereocenters. The Hall–Kier alpha value is -1.58. The predicted molar refractivity (Wildman–Crippen MR) is 117 cm³/mol. The second kappa shape index (κ2) is 18.8. The Labute approximate surface area is 172 Å². The van der Waals surface area contributed by atoms with Crippen molar-refractivity contribution in [1.29, 1.82) is 0 Å². The molecule has 2 atom stereocenters. The maximum absolute atomic E-state index is 10.4. The summed E-state index contributed by atoms with van der Waals surface area (Å²) in [4.78, 5) is 20.8. The third kappa shape index (κ3) is 20.7. The SMILES string of the molecule is CC(CCC/C=C/C=C/C(=O)O)CCCCC(C)CCCCCCCC(=O)O. The maximum Gasteiger partial charge on any atom is 0.328 e. The summed E-state index contributed by atoms with van der Waals surface area (Å²) in [5.41, 5.74) is 0. The normalized spacial score (nSPS) is 13.9. The average molecular weight is 395 g/mol. The van der Waals surface area contributed by atoms with Crippen LogP contribution in [-0.2, 0) is 9.59 Å². The van der Waals surface area contributed by atoms with Crippen molar-refractivity contribution in [2.45, 2.75) is 104 Å². The molecule has 0 aromatic carbocycles. The molecular formula is C24H42O4. The van der Waals surface area contributed by atoms with Gasteiger partial charge in [-0.25, -0.2) is 4.79 Å². The summed E-state index contributed by atoms with van der Waals surface area (Å²) >= 11 is 0. The van der Waals surface area contributed by atoms with Crippen molar-refractivity contribution in [3.05, 3.63) is 24.3 Å². The van der Waals surface area contributed by atoms with Gasteiger partial charge in [0.05, 0.1) is 0 Å². The van der Waals surface area contributed by atoms with Crippen molar-refractivity contribution >= 4 is 11.9 Å². The molecule has 0 heterocycles. The van der Waals surface area contributed by atoms with Gasteiger partial charge in [0.25, 0.3) is 0 Å². The molecule has 0 aliphatic rings. The Kier molecular flexibility index (Phi) is 17.7. The first-order valence-corrected chi connectivity index (χ1v) is 11.2. The second-order valence-corrected chi connectivity index (χ2v) is 8.25. The molecule has 0 aliphatic carbocycles. The lowest BCUT2D eigenvalue weighted by molar-refractivity contribution is -0.137. The van der Waals surface area contributed by atoms with Crippen LogP contribution >= 0.6 is 0 Å². The van der Waals surface area contributed by atoms with Gasteiger partial charge in [0.15, 0.2) is 0 Å². The molecule has 0 spiro atoms. The molecule has 0 rings (SSSR count). The smallest absolute Gasteiger partial charge is 0.328 e. The minimum atomic E-state index is -0.902. The summed E-state index contributed by atoms with van der Waals surface area (Å²) in [6, 6.07) is 0. The van der Waals surface area contributed by atoms with Gasteiger partial charge in [0.1, 0.15) is 0 Å². The van der Waals surface area contributed by atoms with Crippen molar-refractivity contribution in [3.63, 3.8) is 0 Å². The molecular weight excluding hydrogens is 352 g/mol. The second-order valence-electron chi connectivity index (χ2n) is 8.25. The third-order valence-electron chi connectivity index (χ3n) is 5.29. The Morgan fingerprint density at radius 3 is 1.79 bits per heavy atom. The van der Waals surface area contributed by atoms with E-state index in [0.717, 1.165) is 37.2 Å². The Morgan fingerprint density at radius 1 is 0.714 bits per heavy atom. The van der Waals surface area contributed by atoms with Crippen molar-refractivity contribution in [2.75, 3.05) is 0 Å². The van der Waals surface area contributed by atoms with Crippen molar-refractivity contribution in [3.8, 4) is 0 Å². The molecule has 4 nitrogen and oxygen atoms in total. The van der Waals surface area contributed by atoms with Crippen LogP contribution in [-0.4, -0.2) is 22.2 Å². The predicted octanol–water partition coefficient (Wildman–Crippen LogP) is 7.00. The Balaban J connectivity index is 3.45. The van der Waals surface area contributed by atoms with E-state index in [1.54, 1.807) is 6.08 Å². The Bertz CT molecular complexity index is 454. The van der Waals surface area contributed by atoms with Gasteiger partial charge >= 0.3 is 11.9 Å². The standard InChI is InChI=1S/C24H42O4/c1-21(15-9-5-3-7-11-19-23(25)26)17-13-14-18-22(2)16-10-6-4-8-12-20-24(27)28/h3,7,11,19,21-22H,4-6,8-10,12-18,20H2,1-2H3,(H,25,26)(H,27,28)/b7-3+,19-11+. The van der Waals surface area contributed by atoms with E-state index >= 15 is 0 Å². The van der Waals surface area contributed by atoms with Crippen molar-refractivity contribution in [2.24, 2.45) is 11.8 Å². The average Bonchev–Trinajstić information content (AvgIpc) is 2.63. The molecule has 28 heavy (non-hydrogen) atoms. The third-order valence-corrected chi connectivity index (χ3v) is 5.29. The van der Waals surface area contributed by atoms with Crippen LogP contribution in [0.4, 0.5) is 0 Å². The lowest BCUT2D eigenvalue weighted by atomic mass is 9.93. The summed E-state index contributed by atoms with van der Waals surface area (Å²) < 4.78 is 0. The first-order chi connectivity index (χ1) is 13.4. The molecule has 2 N–H and O–H groups in total. The first-order valence-electron chi connectivity index (χ1n) is 11.2. The van der Waals surface area contributed by atoms with Gasteiger partial charge in [0.2, 0.25) is 0 Å². The zero-order valence-corrected chi connectivity index (χ0v) is 18.1. The molecule has 0 saturated carbocycles. The van der Waals surface area contributed by atoms with E-state index < -0.39 is 11.9 Å². The van der Waals surface area contributed by atoms with E-state index in [0.29, 0.717) is 6.42 Å².